The van der Waals surface area contributed by atoms with E-state index in [1.54, 1.807) is 11.0 Å². The van der Waals surface area contributed by atoms with E-state index in [-0.39, 0.29) is 18.2 Å². The van der Waals surface area contributed by atoms with Gasteiger partial charge in [-0.3, -0.25) is 4.79 Å². The predicted octanol–water partition coefficient (Wildman–Crippen LogP) is 3.72. The Balaban J connectivity index is 1.63. The molecule has 0 radical (unpaired) electrons. The van der Waals surface area contributed by atoms with Crippen molar-refractivity contribution in [1.29, 1.82) is 0 Å². The fourth-order valence-corrected chi connectivity index (χ4v) is 6.31. The average Bonchev–Trinajstić information content (AvgIpc) is 3.04. The van der Waals surface area contributed by atoms with Crippen LogP contribution in [0.1, 0.15) is 28.5 Å². The maximum absolute atomic E-state index is 12.5. The van der Waals surface area contributed by atoms with Gasteiger partial charge in [-0.25, -0.2) is 8.42 Å². The summed E-state index contributed by atoms with van der Waals surface area (Å²) in [5.74, 6) is 0.0281. The van der Waals surface area contributed by atoms with Crippen LogP contribution in [-0.4, -0.2) is 38.1 Å². The minimum absolute atomic E-state index is 0.00186. The number of hydrogen-bond donors (Lipinski definition) is 0. The fraction of sp³-hybridized carbons (Fsp3) is 0.389. The Bertz CT molecular complexity index is 834. The lowest BCUT2D eigenvalue weighted by Gasteiger charge is -2.20. The maximum atomic E-state index is 12.5. The molecule has 2 aromatic rings. The molecule has 0 saturated carbocycles. The van der Waals surface area contributed by atoms with E-state index in [4.69, 9.17) is 11.6 Å². The van der Waals surface area contributed by atoms with E-state index in [1.807, 2.05) is 35.7 Å². The van der Waals surface area contributed by atoms with Crippen LogP contribution >= 0.6 is 22.9 Å². The summed E-state index contributed by atoms with van der Waals surface area (Å²) in [5, 5.41) is 2.06. The van der Waals surface area contributed by atoms with Gasteiger partial charge in [-0.1, -0.05) is 29.8 Å². The quantitative estimate of drug-likeness (QED) is 0.789. The van der Waals surface area contributed by atoms with Gasteiger partial charge in [0, 0.05) is 29.4 Å². The Labute approximate surface area is 157 Å². The number of carbonyl (C=O) groups excluding carboxylic acids is 1. The highest BCUT2D eigenvalue weighted by Gasteiger charge is 2.33. The molecule has 1 saturated heterocycles. The van der Waals surface area contributed by atoms with Crippen molar-refractivity contribution in [2.24, 2.45) is 0 Å². The van der Waals surface area contributed by atoms with Crippen LogP contribution in [0.2, 0.25) is 5.02 Å². The van der Waals surface area contributed by atoms with E-state index in [9.17, 15) is 13.2 Å². The van der Waals surface area contributed by atoms with E-state index in [2.05, 4.69) is 0 Å². The topological polar surface area (TPSA) is 54.5 Å². The summed E-state index contributed by atoms with van der Waals surface area (Å²) in [5.41, 5.74) is 1.01. The Hall–Kier alpha value is -1.37. The monoisotopic (exact) mass is 397 g/mol. The van der Waals surface area contributed by atoms with Gasteiger partial charge in [0.05, 0.1) is 11.0 Å². The van der Waals surface area contributed by atoms with Crippen LogP contribution in [0.15, 0.2) is 41.8 Å². The molecule has 1 aromatic heterocycles. The van der Waals surface area contributed by atoms with Crippen LogP contribution in [0.4, 0.5) is 0 Å². The van der Waals surface area contributed by atoms with Gasteiger partial charge in [-0.05, 0) is 42.0 Å². The molecule has 1 unspecified atom stereocenters. The predicted molar refractivity (Wildman–Crippen MR) is 102 cm³/mol. The number of nitrogens with zero attached hydrogens (tertiary/aromatic N) is 1. The molecule has 2 heterocycles. The summed E-state index contributed by atoms with van der Waals surface area (Å²) < 4.78 is 25.1. The van der Waals surface area contributed by atoms with Crippen molar-refractivity contribution in [2.75, 3.05) is 18.8 Å². The number of benzene rings is 1. The van der Waals surface area contributed by atoms with Gasteiger partial charge in [0.1, 0.15) is 0 Å². The molecule has 0 bridgehead atoms. The van der Waals surface area contributed by atoms with Crippen LogP contribution in [0.5, 0.6) is 0 Å². The second-order valence-electron chi connectivity index (χ2n) is 6.17. The molecule has 3 rings (SSSR count). The van der Waals surface area contributed by atoms with Crippen molar-refractivity contribution < 1.29 is 13.2 Å². The first-order valence-electron chi connectivity index (χ1n) is 8.23. The Morgan fingerprint density at radius 1 is 1.24 bits per heavy atom. The smallest absolute Gasteiger partial charge is 0.222 e. The second kappa shape index (κ2) is 7.89. The first-order valence-corrected chi connectivity index (χ1v) is 11.2. The summed E-state index contributed by atoms with van der Waals surface area (Å²) in [6, 6.07) is 11.2. The van der Waals surface area contributed by atoms with Crippen LogP contribution in [0.3, 0.4) is 0 Å². The molecular weight excluding hydrogens is 378 g/mol. The van der Waals surface area contributed by atoms with Crippen LogP contribution in [0, 0.1) is 0 Å². The third-order valence-corrected chi connectivity index (χ3v) is 7.95. The minimum Gasteiger partial charge on any atom is -0.342 e. The molecule has 1 aliphatic heterocycles. The molecule has 0 spiro atoms. The molecule has 1 aromatic carbocycles. The maximum Gasteiger partial charge on any atom is 0.222 e. The van der Waals surface area contributed by atoms with Crippen molar-refractivity contribution in [3.8, 4) is 0 Å². The molecule has 25 heavy (non-hydrogen) atoms. The van der Waals surface area contributed by atoms with Gasteiger partial charge in [0.2, 0.25) is 5.91 Å². The first kappa shape index (κ1) is 18.4. The zero-order valence-electron chi connectivity index (χ0n) is 13.7. The molecule has 134 valence electrons. The normalized spacial score (nSPS) is 20.2. The number of halogens is 1. The molecule has 1 amide bonds. The van der Waals surface area contributed by atoms with Crippen molar-refractivity contribution in [1.82, 2.24) is 4.90 Å². The summed E-state index contributed by atoms with van der Waals surface area (Å²) in [6.07, 6.45) is 1.44. The third-order valence-electron chi connectivity index (χ3n) is 4.47. The SMILES string of the molecule is O=C(CCc1cccc(Cl)c1)N1CCC(c2cccs2)S(=O)(=O)CC1. The van der Waals surface area contributed by atoms with Crippen molar-refractivity contribution >= 4 is 38.7 Å². The summed E-state index contributed by atoms with van der Waals surface area (Å²) in [4.78, 5) is 15.1. The van der Waals surface area contributed by atoms with Crippen LogP contribution in [0.25, 0.3) is 0 Å². The number of rotatable bonds is 4. The number of amides is 1. The molecule has 0 N–H and O–H groups in total. The Morgan fingerprint density at radius 2 is 2.08 bits per heavy atom. The van der Waals surface area contributed by atoms with E-state index in [1.165, 1.54) is 11.3 Å². The highest BCUT2D eigenvalue weighted by atomic mass is 35.5. The Morgan fingerprint density at radius 3 is 2.80 bits per heavy atom. The lowest BCUT2D eigenvalue weighted by Crippen LogP contribution is -2.33. The molecule has 1 fully saturated rings. The number of sulfone groups is 1. The fourth-order valence-electron chi connectivity index (χ4n) is 3.09. The zero-order valence-corrected chi connectivity index (χ0v) is 16.1. The molecule has 0 aliphatic carbocycles. The number of hydrogen-bond acceptors (Lipinski definition) is 4. The minimum atomic E-state index is -3.22. The van der Waals surface area contributed by atoms with Crippen LogP contribution in [-0.2, 0) is 21.1 Å². The summed E-state index contributed by atoms with van der Waals surface area (Å²) >= 11 is 7.43. The number of thiophene rings is 1. The van der Waals surface area contributed by atoms with Crippen molar-refractivity contribution in [2.45, 2.75) is 24.5 Å². The standard InChI is InChI=1S/C18H20ClNO3S2/c19-15-4-1-3-14(13-15)6-7-18(21)20-9-8-17(16-5-2-11-24-16)25(22,23)12-10-20/h1-5,11,13,17H,6-10,12H2. The highest BCUT2D eigenvalue weighted by Crippen LogP contribution is 2.32. The zero-order chi connectivity index (χ0) is 17.9. The van der Waals surface area contributed by atoms with Gasteiger partial charge in [-0.2, -0.15) is 0 Å². The lowest BCUT2D eigenvalue weighted by molar-refractivity contribution is -0.130. The molecule has 1 aliphatic rings. The van der Waals surface area contributed by atoms with Crippen molar-refractivity contribution in [3.63, 3.8) is 0 Å². The molecule has 4 nitrogen and oxygen atoms in total. The molecule has 1 atom stereocenters. The summed E-state index contributed by atoms with van der Waals surface area (Å²) in [7, 11) is -3.22. The van der Waals surface area contributed by atoms with Gasteiger partial charge in [-0.15, -0.1) is 11.3 Å². The largest absolute Gasteiger partial charge is 0.342 e. The highest BCUT2D eigenvalue weighted by molar-refractivity contribution is 7.91. The number of carbonyl (C=O) groups is 1. The van der Waals surface area contributed by atoms with Gasteiger partial charge in [0.15, 0.2) is 9.84 Å². The van der Waals surface area contributed by atoms with E-state index in [0.29, 0.717) is 30.8 Å². The van der Waals surface area contributed by atoms with Gasteiger partial charge < -0.3 is 4.90 Å². The Kier molecular flexibility index (Phi) is 5.81. The third kappa shape index (κ3) is 4.63. The van der Waals surface area contributed by atoms with Crippen LogP contribution < -0.4 is 0 Å². The summed E-state index contributed by atoms with van der Waals surface area (Å²) in [6.45, 7) is 0.759. The van der Waals surface area contributed by atoms with Gasteiger partial charge in [0.25, 0.3) is 0 Å². The molecule has 7 heteroatoms. The number of aryl methyl sites for hydroxylation is 1. The lowest BCUT2D eigenvalue weighted by atomic mass is 10.1. The first-order chi connectivity index (χ1) is 12.0. The molecular formula is C18H20ClNO3S2. The van der Waals surface area contributed by atoms with E-state index < -0.39 is 15.1 Å². The average molecular weight is 398 g/mol. The van der Waals surface area contributed by atoms with Crippen molar-refractivity contribution in [3.05, 3.63) is 57.2 Å². The van der Waals surface area contributed by atoms with Gasteiger partial charge >= 0.3 is 0 Å². The van der Waals surface area contributed by atoms with E-state index >= 15 is 0 Å². The second-order valence-corrected chi connectivity index (χ2v) is 9.89. The van der Waals surface area contributed by atoms with E-state index in [0.717, 1.165) is 10.4 Å².